The molecule has 1 aliphatic heterocycles. The number of carbonyl (C=O) groups is 2. The number of amides is 1. The second kappa shape index (κ2) is 6.91. The number of aliphatic carboxylic acids is 1. The summed E-state index contributed by atoms with van der Waals surface area (Å²) in [5, 5.41) is 9.45. The summed E-state index contributed by atoms with van der Waals surface area (Å²) < 4.78 is 13.1. The van der Waals surface area contributed by atoms with Crippen LogP contribution in [0.4, 0.5) is 4.39 Å². The van der Waals surface area contributed by atoms with Crippen molar-refractivity contribution < 1.29 is 19.1 Å². The van der Waals surface area contributed by atoms with Gasteiger partial charge in [0.1, 0.15) is 5.82 Å². The van der Waals surface area contributed by atoms with Gasteiger partial charge in [0.2, 0.25) is 5.91 Å². The molecule has 2 aliphatic rings. The van der Waals surface area contributed by atoms with Crippen molar-refractivity contribution in [3.63, 3.8) is 0 Å². The van der Waals surface area contributed by atoms with Crippen molar-refractivity contribution in [1.29, 1.82) is 0 Å². The van der Waals surface area contributed by atoms with Gasteiger partial charge < -0.3 is 10.0 Å². The first kappa shape index (κ1) is 16.9. The molecule has 1 heterocycles. The van der Waals surface area contributed by atoms with Gasteiger partial charge in [-0.25, -0.2) is 4.39 Å². The number of likely N-dealkylation sites (tertiary alicyclic amines) is 1. The molecule has 5 heteroatoms. The normalized spacial score (nSPS) is 22.7. The molecule has 2 fully saturated rings. The molecule has 1 amide bonds. The molecule has 1 atom stereocenters. The molecule has 1 aromatic rings. The first-order valence-electron chi connectivity index (χ1n) is 8.77. The molecule has 0 spiro atoms. The summed E-state index contributed by atoms with van der Waals surface area (Å²) in [5.41, 5.74) is 0.173. The van der Waals surface area contributed by atoms with Gasteiger partial charge in [-0.05, 0) is 56.2 Å². The van der Waals surface area contributed by atoms with Crippen LogP contribution >= 0.6 is 0 Å². The fourth-order valence-corrected chi connectivity index (χ4v) is 3.89. The predicted molar refractivity (Wildman–Crippen MR) is 88.0 cm³/mol. The first-order chi connectivity index (χ1) is 11.5. The van der Waals surface area contributed by atoms with Gasteiger partial charge in [0.25, 0.3) is 0 Å². The number of rotatable bonds is 5. The van der Waals surface area contributed by atoms with E-state index >= 15 is 0 Å². The Labute approximate surface area is 141 Å². The summed E-state index contributed by atoms with van der Waals surface area (Å²) in [6, 6.07) is 6.49. The average molecular weight is 333 g/mol. The molecule has 0 radical (unpaired) electrons. The molecule has 1 saturated heterocycles. The van der Waals surface area contributed by atoms with E-state index in [2.05, 4.69) is 0 Å². The summed E-state index contributed by atoms with van der Waals surface area (Å²) in [4.78, 5) is 26.2. The number of hydrogen-bond donors (Lipinski definition) is 1. The molecule has 3 rings (SSSR count). The number of benzene rings is 1. The highest BCUT2D eigenvalue weighted by Gasteiger charge is 2.47. The van der Waals surface area contributed by atoms with Crippen molar-refractivity contribution in [2.24, 2.45) is 5.41 Å². The minimum absolute atomic E-state index is 0.0380. The smallest absolute Gasteiger partial charge is 0.310 e. The van der Waals surface area contributed by atoms with E-state index < -0.39 is 11.4 Å². The SMILES string of the molecule is O=C(CC1(C(=O)O)CCC1)N1CCCC[C@@H]1Cc1ccc(F)cc1. The molecule has 1 aromatic carbocycles. The van der Waals surface area contributed by atoms with Crippen LogP contribution in [0.25, 0.3) is 0 Å². The average Bonchev–Trinajstić information content (AvgIpc) is 2.53. The van der Waals surface area contributed by atoms with Gasteiger partial charge in [-0.15, -0.1) is 0 Å². The van der Waals surface area contributed by atoms with Crippen LogP contribution in [0.2, 0.25) is 0 Å². The van der Waals surface area contributed by atoms with Crippen molar-refractivity contribution in [2.45, 2.75) is 57.4 Å². The molecule has 0 aromatic heterocycles. The summed E-state index contributed by atoms with van der Waals surface area (Å²) in [6.07, 6.45) is 5.86. The largest absolute Gasteiger partial charge is 0.481 e. The van der Waals surface area contributed by atoms with Crippen molar-refractivity contribution in [2.75, 3.05) is 6.54 Å². The zero-order valence-electron chi connectivity index (χ0n) is 13.8. The number of piperidine rings is 1. The van der Waals surface area contributed by atoms with Crippen LogP contribution in [0.15, 0.2) is 24.3 Å². The van der Waals surface area contributed by atoms with Crippen molar-refractivity contribution in [3.05, 3.63) is 35.6 Å². The topological polar surface area (TPSA) is 57.6 Å². The molecule has 4 nitrogen and oxygen atoms in total. The Balaban J connectivity index is 1.68. The Bertz CT molecular complexity index is 610. The molecule has 1 aliphatic carbocycles. The zero-order valence-corrected chi connectivity index (χ0v) is 13.8. The third-order valence-corrected chi connectivity index (χ3v) is 5.59. The number of halogens is 1. The maximum Gasteiger partial charge on any atom is 0.310 e. The minimum atomic E-state index is -0.839. The zero-order chi connectivity index (χ0) is 17.2. The molecule has 1 saturated carbocycles. The standard InChI is InChI=1S/C19H24FNO3/c20-15-7-5-14(6-8-15)12-16-4-1-2-11-21(16)17(22)13-19(18(23)24)9-3-10-19/h5-8,16H,1-4,9-13H2,(H,23,24)/t16-/m1/s1. The second-order valence-corrected chi connectivity index (χ2v) is 7.18. The summed E-state index contributed by atoms with van der Waals surface area (Å²) >= 11 is 0. The molecule has 0 unspecified atom stereocenters. The maximum absolute atomic E-state index is 13.1. The van der Waals surface area contributed by atoms with Gasteiger partial charge in [-0.1, -0.05) is 18.6 Å². The molecule has 0 bridgehead atoms. The summed E-state index contributed by atoms with van der Waals surface area (Å²) in [6.45, 7) is 0.695. The van der Waals surface area contributed by atoms with Crippen LogP contribution in [0, 0.1) is 11.2 Å². The van der Waals surface area contributed by atoms with E-state index in [0.717, 1.165) is 31.2 Å². The number of nitrogens with zero attached hydrogens (tertiary/aromatic N) is 1. The van der Waals surface area contributed by atoms with Crippen LogP contribution in [-0.4, -0.2) is 34.5 Å². The third kappa shape index (κ3) is 3.45. The number of carboxylic acids is 1. The first-order valence-corrected chi connectivity index (χ1v) is 8.77. The molecule has 130 valence electrons. The lowest BCUT2D eigenvalue weighted by Gasteiger charge is -2.41. The number of hydrogen-bond acceptors (Lipinski definition) is 2. The van der Waals surface area contributed by atoms with Crippen LogP contribution in [0.3, 0.4) is 0 Å². The van der Waals surface area contributed by atoms with E-state index in [-0.39, 0.29) is 24.2 Å². The lowest BCUT2D eigenvalue weighted by molar-refractivity contribution is -0.160. The van der Waals surface area contributed by atoms with Crippen LogP contribution < -0.4 is 0 Å². The van der Waals surface area contributed by atoms with E-state index in [4.69, 9.17) is 0 Å². The summed E-state index contributed by atoms with van der Waals surface area (Å²) in [7, 11) is 0. The number of carboxylic acid groups (broad SMARTS) is 1. The van der Waals surface area contributed by atoms with Gasteiger partial charge >= 0.3 is 5.97 Å². The van der Waals surface area contributed by atoms with E-state index in [1.165, 1.54) is 12.1 Å². The van der Waals surface area contributed by atoms with E-state index in [1.807, 2.05) is 4.90 Å². The predicted octanol–water partition coefficient (Wildman–Crippen LogP) is 3.39. The van der Waals surface area contributed by atoms with Crippen LogP contribution in [0.5, 0.6) is 0 Å². The van der Waals surface area contributed by atoms with E-state index in [9.17, 15) is 19.1 Å². The molecule has 1 N–H and O–H groups in total. The lowest BCUT2D eigenvalue weighted by atomic mass is 9.66. The quantitative estimate of drug-likeness (QED) is 0.898. The highest BCUT2D eigenvalue weighted by molar-refractivity contribution is 5.86. The van der Waals surface area contributed by atoms with Gasteiger partial charge in [-0.2, -0.15) is 0 Å². The van der Waals surface area contributed by atoms with Crippen LogP contribution in [0.1, 0.15) is 50.5 Å². The Morgan fingerprint density at radius 3 is 2.46 bits per heavy atom. The van der Waals surface area contributed by atoms with Crippen LogP contribution in [-0.2, 0) is 16.0 Å². The Morgan fingerprint density at radius 2 is 1.88 bits per heavy atom. The fraction of sp³-hybridized carbons (Fsp3) is 0.579. The maximum atomic E-state index is 13.1. The minimum Gasteiger partial charge on any atom is -0.481 e. The summed E-state index contributed by atoms with van der Waals surface area (Å²) in [5.74, 6) is -1.14. The van der Waals surface area contributed by atoms with Gasteiger partial charge in [0, 0.05) is 19.0 Å². The van der Waals surface area contributed by atoms with Gasteiger partial charge in [-0.3, -0.25) is 9.59 Å². The Kier molecular flexibility index (Phi) is 4.88. The highest BCUT2D eigenvalue weighted by atomic mass is 19.1. The molecular formula is C19H24FNO3. The highest BCUT2D eigenvalue weighted by Crippen LogP contribution is 2.45. The Hall–Kier alpha value is -1.91. The third-order valence-electron chi connectivity index (χ3n) is 5.59. The van der Waals surface area contributed by atoms with Crippen molar-refractivity contribution in [3.8, 4) is 0 Å². The lowest BCUT2D eigenvalue weighted by Crippen LogP contribution is -2.49. The second-order valence-electron chi connectivity index (χ2n) is 7.18. The molecular weight excluding hydrogens is 309 g/mol. The fourth-order valence-electron chi connectivity index (χ4n) is 3.89. The van der Waals surface area contributed by atoms with Crippen molar-refractivity contribution >= 4 is 11.9 Å². The van der Waals surface area contributed by atoms with Gasteiger partial charge in [0.05, 0.1) is 5.41 Å². The molecule has 24 heavy (non-hydrogen) atoms. The van der Waals surface area contributed by atoms with E-state index in [1.54, 1.807) is 12.1 Å². The number of carbonyl (C=O) groups excluding carboxylic acids is 1. The van der Waals surface area contributed by atoms with E-state index in [0.29, 0.717) is 25.8 Å². The monoisotopic (exact) mass is 333 g/mol. The van der Waals surface area contributed by atoms with Crippen molar-refractivity contribution in [1.82, 2.24) is 4.90 Å². The Morgan fingerprint density at radius 1 is 1.17 bits per heavy atom. The van der Waals surface area contributed by atoms with Gasteiger partial charge in [0.15, 0.2) is 0 Å².